The Morgan fingerprint density at radius 3 is 2.29 bits per heavy atom. The van der Waals surface area contributed by atoms with E-state index >= 15 is 0 Å². The van der Waals surface area contributed by atoms with Crippen LogP contribution >= 0.6 is 0 Å². The molecule has 0 amide bonds. The molecule has 0 saturated heterocycles. The van der Waals surface area contributed by atoms with Gasteiger partial charge in [-0.2, -0.15) is 8.78 Å². The van der Waals surface area contributed by atoms with Crippen LogP contribution in [0.5, 0.6) is 5.75 Å². The molecule has 0 spiro atoms. The minimum atomic E-state index is -3.13. The van der Waals surface area contributed by atoms with E-state index < -0.39 is 6.11 Å². The SMILES string of the molecule is CCNc1ccc(OC(C)(F)F)cc1. The first-order chi connectivity index (χ1) is 6.51. The number of benzene rings is 1. The summed E-state index contributed by atoms with van der Waals surface area (Å²) in [6.07, 6.45) is -3.13. The van der Waals surface area contributed by atoms with Crippen molar-refractivity contribution in [2.45, 2.75) is 20.0 Å². The molecule has 0 atom stereocenters. The highest BCUT2D eigenvalue weighted by atomic mass is 19.3. The smallest absolute Gasteiger partial charge is 0.394 e. The third-order valence-corrected chi connectivity index (χ3v) is 1.53. The molecule has 1 rings (SSSR count). The second kappa shape index (κ2) is 4.26. The summed E-state index contributed by atoms with van der Waals surface area (Å²) in [5.41, 5.74) is 0.888. The van der Waals surface area contributed by atoms with Gasteiger partial charge >= 0.3 is 6.11 Å². The molecule has 0 aliphatic rings. The van der Waals surface area contributed by atoms with Gasteiger partial charge in [0.15, 0.2) is 0 Å². The third kappa shape index (κ3) is 3.60. The van der Waals surface area contributed by atoms with Crippen molar-refractivity contribution in [3.63, 3.8) is 0 Å². The van der Waals surface area contributed by atoms with Gasteiger partial charge in [0.1, 0.15) is 5.75 Å². The highest BCUT2D eigenvalue weighted by Crippen LogP contribution is 2.22. The molecule has 4 heteroatoms. The minimum absolute atomic E-state index is 0.166. The van der Waals surface area contributed by atoms with E-state index in [-0.39, 0.29) is 5.75 Å². The summed E-state index contributed by atoms with van der Waals surface area (Å²) in [6, 6.07) is 6.42. The van der Waals surface area contributed by atoms with Crippen LogP contribution in [-0.2, 0) is 0 Å². The van der Waals surface area contributed by atoms with E-state index in [1.54, 1.807) is 12.1 Å². The second-order valence-electron chi connectivity index (χ2n) is 2.96. The van der Waals surface area contributed by atoms with E-state index in [0.717, 1.165) is 12.2 Å². The first-order valence-electron chi connectivity index (χ1n) is 4.42. The van der Waals surface area contributed by atoms with Crippen molar-refractivity contribution in [1.29, 1.82) is 0 Å². The maximum absolute atomic E-state index is 12.4. The Labute approximate surface area is 81.9 Å². The van der Waals surface area contributed by atoms with Crippen molar-refractivity contribution in [1.82, 2.24) is 0 Å². The lowest BCUT2D eigenvalue weighted by Crippen LogP contribution is -2.18. The molecule has 14 heavy (non-hydrogen) atoms. The summed E-state index contributed by atoms with van der Waals surface area (Å²) >= 11 is 0. The zero-order chi connectivity index (χ0) is 10.6. The molecule has 0 aliphatic heterocycles. The van der Waals surface area contributed by atoms with Gasteiger partial charge in [0.25, 0.3) is 0 Å². The Morgan fingerprint density at radius 2 is 1.86 bits per heavy atom. The molecule has 78 valence electrons. The molecular formula is C10H13F2NO. The first kappa shape index (κ1) is 10.8. The van der Waals surface area contributed by atoms with Crippen LogP contribution in [0.15, 0.2) is 24.3 Å². The van der Waals surface area contributed by atoms with Crippen LogP contribution in [0.25, 0.3) is 0 Å². The monoisotopic (exact) mass is 201 g/mol. The number of hydrogen-bond acceptors (Lipinski definition) is 2. The molecule has 0 radical (unpaired) electrons. The molecule has 1 N–H and O–H groups in total. The fourth-order valence-corrected chi connectivity index (χ4v) is 1.05. The number of anilines is 1. The standard InChI is InChI=1S/C10H13F2NO/c1-3-13-8-4-6-9(7-5-8)14-10(2,11)12/h4-7,13H,3H2,1-2H3. The van der Waals surface area contributed by atoms with E-state index in [4.69, 9.17) is 0 Å². The van der Waals surface area contributed by atoms with Crippen LogP contribution < -0.4 is 10.1 Å². The van der Waals surface area contributed by atoms with Crippen molar-refractivity contribution in [3.05, 3.63) is 24.3 Å². The molecule has 1 aromatic rings. The van der Waals surface area contributed by atoms with E-state index in [0.29, 0.717) is 6.92 Å². The van der Waals surface area contributed by atoms with Gasteiger partial charge in [0.05, 0.1) is 0 Å². The van der Waals surface area contributed by atoms with Gasteiger partial charge in [0.2, 0.25) is 0 Å². The largest absolute Gasteiger partial charge is 0.433 e. The van der Waals surface area contributed by atoms with Crippen molar-refractivity contribution in [2.75, 3.05) is 11.9 Å². The number of alkyl halides is 2. The van der Waals surface area contributed by atoms with E-state index in [2.05, 4.69) is 10.1 Å². The molecule has 0 heterocycles. The predicted octanol–water partition coefficient (Wildman–Crippen LogP) is 3.11. The number of hydrogen-bond donors (Lipinski definition) is 1. The number of rotatable bonds is 4. The third-order valence-electron chi connectivity index (χ3n) is 1.53. The predicted molar refractivity (Wildman–Crippen MR) is 51.9 cm³/mol. The van der Waals surface area contributed by atoms with Crippen molar-refractivity contribution < 1.29 is 13.5 Å². The molecule has 0 saturated carbocycles. The van der Waals surface area contributed by atoms with Gasteiger partial charge in [-0.3, -0.25) is 0 Å². The van der Waals surface area contributed by atoms with Crippen LogP contribution in [0.2, 0.25) is 0 Å². The molecule has 0 unspecified atom stereocenters. The maximum atomic E-state index is 12.4. The lowest BCUT2D eigenvalue weighted by molar-refractivity contribution is -0.158. The highest BCUT2D eigenvalue weighted by Gasteiger charge is 2.22. The van der Waals surface area contributed by atoms with E-state index in [9.17, 15) is 8.78 Å². The first-order valence-corrected chi connectivity index (χ1v) is 4.42. The van der Waals surface area contributed by atoms with Gasteiger partial charge in [-0.25, -0.2) is 0 Å². The normalized spacial score (nSPS) is 11.1. The average Bonchev–Trinajstić information content (AvgIpc) is 2.06. The van der Waals surface area contributed by atoms with Gasteiger partial charge < -0.3 is 10.1 Å². The number of halogens is 2. The Balaban J connectivity index is 2.64. The molecular weight excluding hydrogens is 188 g/mol. The van der Waals surface area contributed by atoms with Gasteiger partial charge in [0, 0.05) is 19.2 Å². The Bertz CT molecular complexity index is 279. The maximum Gasteiger partial charge on any atom is 0.394 e. The molecule has 0 fully saturated rings. The van der Waals surface area contributed by atoms with Crippen LogP contribution in [0.4, 0.5) is 14.5 Å². The quantitative estimate of drug-likeness (QED) is 0.808. The Hall–Kier alpha value is -1.32. The highest BCUT2D eigenvalue weighted by molar-refractivity contribution is 5.46. The molecule has 0 aliphatic carbocycles. The van der Waals surface area contributed by atoms with Crippen molar-refractivity contribution >= 4 is 5.69 Å². The Morgan fingerprint density at radius 1 is 1.29 bits per heavy atom. The van der Waals surface area contributed by atoms with Crippen LogP contribution in [0, 0.1) is 0 Å². The van der Waals surface area contributed by atoms with E-state index in [1.165, 1.54) is 12.1 Å². The van der Waals surface area contributed by atoms with Crippen LogP contribution in [0.1, 0.15) is 13.8 Å². The fraction of sp³-hybridized carbons (Fsp3) is 0.400. The zero-order valence-corrected chi connectivity index (χ0v) is 8.18. The molecule has 1 aromatic carbocycles. The average molecular weight is 201 g/mol. The molecule has 2 nitrogen and oxygen atoms in total. The number of nitrogens with one attached hydrogen (secondary N) is 1. The fourth-order valence-electron chi connectivity index (χ4n) is 1.05. The summed E-state index contributed by atoms with van der Waals surface area (Å²) in [4.78, 5) is 0. The minimum Gasteiger partial charge on any atom is -0.433 e. The van der Waals surface area contributed by atoms with Gasteiger partial charge in [-0.1, -0.05) is 0 Å². The van der Waals surface area contributed by atoms with Gasteiger partial charge in [-0.05, 0) is 31.2 Å². The second-order valence-corrected chi connectivity index (χ2v) is 2.96. The lowest BCUT2D eigenvalue weighted by Gasteiger charge is -2.13. The van der Waals surface area contributed by atoms with Crippen molar-refractivity contribution in [2.24, 2.45) is 0 Å². The molecule has 0 aromatic heterocycles. The summed E-state index contributed by atoms with van der Waals surface area (Å²) in [6.45, 7) is 3.47. The summed E-state index contributed by atoms with van der Waals surface area (Å²) in [5, 5.41) is 3.05. The van der Waals surface area contributed by atoms with Gasteiger partial charge in [-0.15, -0.1) is 0 Å². The van der Waals surface area contributed by atoms with Crippen molar-refractivity contribution in [3.8, 4) is 5.75 Å². The van der Waals surface area contributed by atoms with Crippen LogP contribution in [0.3, 0.4) is 0 Å². The topological polar surface area (TPSA) is 21.3 Å². The summed E-state index contributed by atoms with van der Waals surface area (Å²) in [7, 11) is 0. The van der Waals surface area contributed by atoms with E-state index in [1.807, 2.05) is 6.92 Å². The molecule has 0 bridgehead atoms. The summed E-state index contributed by atoms with van der Waals surface area (Å²) < 4.78 is 29.2. The number of ether oxygens (including phenoxy) is 1. The summed E-state index contributed by atoms with van der Waals surface area (Å²) in [5.74, 6) is 0.166. The zero-order valence-electron chi connectivity index (χ0n) is 8.18. The van der Waals surface area contributed by atoms with Crippen LogP contribution in [-0.4, -0.2) is 12.7 Å². The lowest BCUT2D eigenvalue weighted by atomic mass is 10.3. The Kier molecular flexibility index (Phi) is 3.28.